The summed E-state index contributed by atoms with van der Waals surface area (Å²) in [6.07, 6.45) is 5.55. The molecule has 1 heterocycles. The maximum absolute atomic E-state index is 6.15. The van der Waals surface area contributed by atoms with Gasteiger partial charge in [-0.2, -0.15) is 0 Å². The zero-order chi connectivity index (χ0) is 14.1. The predicted molar refractivity (Wildman–Crippen MR) is 85.7 cm³/mol. The summed E-state index contributed by atoms with van der Waals surface area (Å²) >= 11 is 0. The quantitative estimate of drug-likeness (QED) is 0.864. The van der Waals surface area contributed by atoms with E-state index in [4.69, 9.17) is 5.73 Å². The summed E-state index contributed by atoms with van der Waals surface area (Å²) in [5.41, 5.74) is 8.95. The number of nitrogens with one attached hydrogen (secondary N) is 1. The molecular weight excluding hydrogens is 246 g/mol. The van der Waals surface area contributed by atoms with Gasteiger partial charge in [0.15, 0.2) is 0 Å². The maximum atomic E-state index is 6.15. The number of hydrogen-bond donors (Lipinski definition) is 2. The summed E-state index contributed by atoms with van der Waals surface area (Å²) in [5, 5.41) is 4.81. The highest BCUT2D eigenvalue weighted by molar-refractivity contribution is 5.96. The van der Waals surface area contributed by atoms with Gasteiger partial charge in [0.2, 0.25) is 0 Å². The van der Waals surface area contributed by atoms with Gasteiger partial charge in [0, 0.05) is 11.4 Å². The van der Waals surface area contributed by atoms with Gasteiger partial charge in [0.25, 0.3) is 0 Å². The number of fused-ring (bicyclic) bond motifs is 1. The predicted octanol–water partition coefficient (Wildman–Crippen LogP) is 4.05. The van der Waals surface area contributed by atoms with Crippen LogP contribution in [0.25, 0.3) is 10.9 Å². The molecule has 1 saturated carbocycles. The minimum atomic E-state index is 0.516. The molecule has 2 atom stereocenters. The van der Waals surface area contributed by atoms with Crippen molar-refractivity contribution >= 4 is 22.3 Å². The number of nitrogens with two attached hydrogens (primary N) is 1. The number of anilines is 2. The summed E-state index contributed by atoms with van der Waals surface area (Å²) in [6.45, 7) is 4.69. The van der Waals surface area contributed by atoms with Crippen molar-refractivity contribution in [3.8, 4) is 0 Å². The third-order valence-electron chi connectivity index (χ3n) is 4.33. The Morgan fingerprint density at radius 1 is 1.10 bits per heavy atom. The van der Waals surface area contributed by atoms with Crippen molar-refractivity contribution in [2.45, 2.75) is 39.2 Å². The molecule has 0 bridgehead atoms. The molecule has 0 spiro atoms. The SMILES string of the molecule is CC1CC(C)CC(Nc2c(N)cnc3ccccc23)C1. The van der Waals surface area contributed by atoms with Crippen molar-refractivity contribution in [1.29, 1.82) is 0 Å². The first-order chi connectivity index (χ1) is 9.63. The van der Waals surface area contributed by atoms with Crippen LogP contribution in [0.3, 0.4) is 0 Å². The van der Waals surface area contributed by atoms with Crippen molar-refractivity contribution in [3.63, 3.8) is 0 Å². The summed E-state index contributed by atoms with van der Waals surface area (Å²) < 4.78 is 0. The lowest BCUT2D eigenvalue weighted by Crippen LogP contribution is -2.30. The van der Waals surface area contributed by atoms with E-state index in [1.54, 1.807) is 6.20 Å². The third kappa shape index (κ3) is 2.58. The van der Waals surface area contributed by atoms with E-state index < -0.39 is 0 Å². The Hall–Kier alpha value is -1.77. The highest BCUT2D eigenvalue weighted by Crippen LogP contribution is 2.34. The first kappa shape index (κ1) is 13.2. The number of benzene rings is 1. The Morgan fingerprint density at radius 3 is 2.55 bits per heavy atom. The van der Waals surface area contributed by atoms with Crippen LogP contribution in [0.2, 0.25) is 0 Å². The van der Waals surface area contributed by atoms with Crippen LogP contribution < -0.4 is 11.1 Å². The van der Waals surface area contributed by atoms with Crippen LogP contribution in [-0.2, 0) is 0 Å². The Kier molecular flexibility index (Phi) is 3.51. The number of hydrogen-bond acceptors (Lipinski definition) is 3. The van der Waals surface area contributed by atoms with Crippen molar-refractivity contribution < 1.29 is 0 Å². The van der Waals surface area contributed by atoms with Crippen LogP contribution in [0.1, 0.15) is 33.1 Å². The molecule has 1 fully saturated rings. The van der Waals surface area contributed by atoms with E-state index in [1.165, 1.54) is 19.3 Å². The molecule has 106 valence electrons. The van der Waals surface area contributed by atoms with Crippen LogP contribution in [0.15, 0.2) is 30.5 Å². The van der Waals surface area contributed by atoms with E-state index in [1.807, 2.05) is 18.2 Å². The monoisotopic (exact) mass is 269 g/mol. The van der Waals surface area contributed by atoms with Crippen molar-refractivity contribution in [2.24, 2.45) is 11.8 Å². The molecule has 2 unspecified atom stereocenters. The Balaban J connectivity index is 1.92. The standard InChI is InChI=1S/C17H23N3/c1-11-7-12(2)9-13(8-11)20-17-14-5-3-4-6-16(14)19-10-15(17)18/h3-6,10-13H,7-9,18H2,1-2H3,(H,19,20). The molecule has 2 aromatic rings. The third-order valence-corrected chi connectivity index (χ3v) is 4.33. The molecule has 20 heavy (non-hydrogen) atoms. The zero-order valence-corrected chi connectivity index (χ0v) is 12.3. The number of aromatic nitrogens is 1. The molecule has 0 saturated heterocycles. The van der Waals surface area contributed by atoms with E-state index in [9.17, 15) is 0 Å². The number of nitrogens with zero attached hydrogens (tertiary/aromatic N) is 1. The van der Waals surface area contributed by atoms with Gasteiger partial charge in [0.1, 0.15) is 0 Å². The molecule has 0 aliphatic heterocycles. The highest BCUT2D eigenvalue weighted by Gasteiger charge is 2.24. The van der Waals surface area contributed by atoms with Crippen LogP contribution in [0, 0.1) is 11.8 Å². The summed E-state index contributed by atoms with van der Waals surface area (Å²) in [6, 6.07) is 8.70. The molecule has 3 rings (SSSR count). The lowest BCUT2D eigenvalue weighted by atomic mass is 9.80. The maximum Gasteiger partial charge on any atom is 0.0743 e. The normalized spacial score (nSPS) is 26.6. The minimum absolute atomic E-state index is 0.516. The molecule has 1 aliphatic rings. The first-order valence-electron chi connectivity index (χ1n) is 7.53. The molecular formula is C17H23N3. The van der Waals surface area contributed by atoms with Gasteiger partial charge in [-0.3, -0.25) is 4.98 Å². The van der Waals surface area contributed by atoms with Crippen LogP contribution >= 0.6 is 0 Å². The van der Waals surface area contributed by atoms with E-state index in [0.717, 1.165) is 34.1 Å². The smallest absolute Gasteiger partial charge is 0.0743 e. The Morgan fingerprint density at radius 2 is 1.80 bits per heavy atom. The van der Waals surface area contributed by atoms with E-state index in [0.29, 0.717) is 6.04 Å². The molecule has 1 aromatic carbocycles. The molecule has 1 aromatic heterocycles. The fourth-order valence-electron chi connectivity index (χ4n) is 3.59. The average Bonchev–Trinajstić information content (AvgIpc) is 2.41. The second-order valence-electron chi connectivity index (χ2n) is 6.36. The highest BCUT2D eigenvalue weighted by atomic mass is 15.0. The Labute approximate surface area is 120 Å². The largest absolute Gasteiger partial charge is 0.396 e. The van der Waals surface area contributed by atoms with Crippen molar-refractivity contribution in [2.75, 3.05) is 11.1 Å². The number of rotatable bonds is 2. The van der Waals surface area contributed by atoms with Gasteiger partial charge in [0.05, 0.1) is 23.1 Å². The van der Waals surface area contributed by atoms with Crippen molar-refractivity contribution in [1.82, 2.24) is 4.98 Å². The number of para-hydroxylation sites is 1. The van der Waals surface area contributed by atoms with Gasteiger partial charge in [-0.25, -0.2) is 0 Å². The Bertz CT molecular complexity index is 598. The number of nitrogen functional groups attached to an aromatic ring is 1. The minimum Gasteiger partial charge on any atom is -0.396 e. The first-order valence-corrected chi connectivity index (χ1v) is 7.53. The summed E-state index contributed by atoms with van der Waals surface area (Å²) in [7, 11) is 0. The fourth-order valence-corrected chi connectivity index (χ4v) is 3.59. The molecule has 1 aliphatic carbocycles. The topological polar surface area (TPSA) is 50.9 Å². The van der Waals surface area contributed by atoms with Gasteiger partial charge >= 0.3 is 0 Å². The van der Waals surface area contributed by atoms with Crippen LogP contribution in [0.4, 0.5) is 11.4 Å². The van der Waals surface area contributed by atoms with Crippen molar-refractivity contribution in [3.05, 3.63) is 30.5 Å². The van der Waals surface area contributed by atoms with Crippen LogP contribution in [-0.4, -0.2) is 11.0 Å². The molecule has 0 radical (unpaired) electrons. The average molecular weight is 269 g/mol. The zero-order valence-electron chi connectivity index (χ0n) is 12.3. The molecule has 0 amide bonds. The number of pyridine rings is 1. The molecule has 3 heteroatoms. The second kappa shape index (κ2) is 5.31. The van der Waals surface area contributed by atoms with E-state index in [2.05, 4.69) is 30.2 Å². The molecule has 3 N–H and O–H groups in total. The fraction of sp³-hybridized carbons (Fsp3) is 0.471. The van der Waals surface area contributed by atoms with E-state index >= 15 is 0 Å². The summed E-state index contributed by atoms with van der Waals surface area (Å²) in [4.78, 5) is 4.40. The summed E-state index contributed by atoms with van der Waals surface area (Å²) in [5.74, 6) is 1.57. The second-order valence-corrected chi connectivity index (χ2v) is 6.36. The van der Waals surface area contributed by atoms with Gasteiger partial charge in [-0.05, 0) is 37.2 Å². The van der Waals surface area contributed by atoms with E-state index in [-0.39, 0.29) is 0 Å². The van der Waals surface area contributed by atoms with Gasteiger partial charge in [-0.15, -0.1) is 0 Å². The molecule has 3 nitrogen and oxygen atoms in total. The van der Waals surface area contributed by atoms with Crippen LogP contribution in [0.5, 0.6) is 0 Å². The van der Waals surface area contributed by atoms with Gasteiger partial charge < -0.3 is 11.1 Å². The van der Waals surface area contributed by atoms with Gasteiger partial charge in [-0.1, -0.05) is 32.0 Å². The lowest BCUT2D eigenvalue weighted by molar-refractivity contribution is 0.281. The lowest BCUT2D eigenvalue weighted by Gasteiger charge is -2.33.